The number of hydrogen-bond acceptors (Lipinski definition) is 5. The van der Waals surface area contributed by atoms with Crippen molar-refractivity contribution in [1.29, 1.82) is 0 Å². The first kappa shape index (κ1) is 12.4. The molecule has 6 heteroatoms. The van der Waals surface area contributed by atoms with E-state index in [-0.39, 0.29) is 6.10 Å². The molecule has 0 aliphatic carbocycles. The first-order valence-electron chi connectivity index (χ1n) is 6.18. The lowest BCUT2D eigenvalue weighted by Gasteiger charge is -2.29. The summed E-state index contributed by atoms with van der Waals surface area (Å²) in [5.74, 6) is 0.552. The van der Waals surface area contributed by atoms with Crippen LogP contribution in [0.4, 0.5) is 6.01 Å². The van der Waals surface area contributed by atoms with Crippen LogP contribution in [-0.2, 0) is 4.74 Å². The molecule has 0 radical (unpaired) electrons. The number of anilines is 1. The van der Waals surface area contributed by atoms with E-state index in [9.17, 15) is 0 Å². The first-order valence-corrected chi connectivity index (χ1v) is 6.56. The third kappa shape index (κ3) is 2.72. The molecule has 1 aromatic heterocycles. The monoisotopic (exact) mass is 279 g/mol. The minimum absolute atomic E-state index is 0.176. The van der Waals surface area contributed by atoms with Crippen LogP contribution in [0, 0.1) is 0 Å². The number of nitrogens with zero attached hydrogens (tertiary/aromatic N) is 3. The fourth-order valence-electron chi connectivity index (χ4n) is 2.08. The lowest BCUT2D eigenvalue weighted by molar-refractivity contribution is 0.0509. The van der Waals surface area contributed by atoms with Gasteiger partial charge in [0.2, 0.25) is 5.82 Å². The molecule has 1 aliphatic rings. The summed E-state index contributed by atoms with van der Waals surface area (Å²) in [5, 5.41) is 4.66. The lowest BCUT2D eigenvalue weighted by atomic mass is 10.2. The smallest absolute Gasteiger partial charge is 0.324 e. The molecule has 0 amide bonds. The molecule has 0 N–H and O–H groups in total. The highest BCUT2D eigenvalue weighted by Crippen LogP contribution is 2.23. The van der Waals surface area contributed by atoms with E-state index in [1.165, 1.54) is 0 Å². The molecule has 1 aromatic carbocycles. The zero-order chi connectivity index (χ0) is 13.2. The van der Waals surface area contributed by atoms with Gasteiger partial charge in [-0.15, -0.1) is 0 Å². The van der Waals surface area contributed by atoms with E-state index >= 15 is 0 Å². The summed E-state index contributed by atoms with van der Waals surface area (Å²) in [6.45, 7) is 4.23. The zero-order valence-electron chi connectivity index (χ0n) is 10.5. The summed E-state index contributed by atoms with van der Waals surface area (Å²) >= 11 is 5.96. The van der Waals surface area contributed by atoms with Crippen molar-refractivity contribution in [3.05, 3.63) is 29.3 Å². The molecular formula is C13H14ClN3O2. The van der Waals surface area contributed by atoms with Crippen LogP contribution in [0.1, 0.15) is 6.92 Å². The van der Waals surface area contributed by atoms with E-state index in [1.54, 1.807) is 0 Å². The Morgan fingerprint density at radius 3 is 3.11 bits per heavy atom. The summed E-state index contributed by atoms with van der Waals surface area (Å²) in [4.78, 5) is 6.45. The number of aromatic nitrogens is 2. The molecule has 0 spiro atoms. The van der Waals surface area contributed by atoms with Gasteiger partial charge in [0.15, 0.2) is 0 Å². The van der Waals surface area contributed by atoms with Gasteiger partial charge in [0, 0.05) is 23.7 Å². The maximum Gasteiger partial charge on any atom is 0.324 e. The average Bonchev–Trinajstić information content (AvgIpc) is 2.88. The second-order valence-electron chi connectivity index (χ2n) is 4.54. The molecule has 1 aliphatic heterocycles. The maximum absolute atomic E-state index is 5.96. The van der Waals surface area contributed by atoms with Gasteiger partial charge in [-0.2, -0.15) is 4.98 Å². The third-order valence-electron chi connectivity index (χ3n) is 3.01. The molecule has 100 valence electrons. The average molecular weight is 280 g/mol. The Labute approximate surface area is 116 Å². The molecule has 19 heavy (non-hydrogen) atoms. The van der Waals surface area contributed by atoms with E-state index < -0.39 is 0 Å². The molecule has 1 unspecified atom stereocenters. The van der Waals surface area contributed by atoms with Gasteiger partial charge < -0.3 is 14.2 Å². The van der Waals surface area contributed by atoms with Crippen LogP contribution in [0.15, 0.2) is 28.8 Å². The molecule has 2 heterocycles. The van der Waals surface area contributed by atoms with Gasteiger partial charge in [0.25, 0.3) is 0 Å². The quantitative estimate of drug-likeness (QED) is 0.846. The Morgan fingerprint density at radius 1 is 1.42 bits per heavy atom. The third-order valence-corrected chi connectivity index (χ3v) is 3.24. The molecule has 5 nitrogen and oxygen atoms in total. The lowest BCUT2D eigenvalue weighted by Crippen LogP contribution is -2.41. The zero-order valence-corrected chi connectivity index (χ0v) is 11.3. The molecule has 0 bridgehead atoms. The van der Waals surface area contributed by atoms with Crippen molar-refractivity contribution in [2.24, 2.45) is 0 Å². The van der Waals surface area contributed by atoms with Crippen molar-refractivity contribution in [2.75, 3.05) is 24.6 Å². The fourth-order valence-corrected chi connectivity index (χ4v) is 2.27. The van der Waals surface area contributed by atoms with Crippen LogP contribution in [0.25, 0.3) is 11.4 Å². The molecule has 0 saturated carbocycles. The fraction of sp³-hybridized carbons (Fsp3) is 0.385. The number of ether oxygens (including phenoxy) is 1. The van der Waals surface area contributed by atoms with E-state index in [1.807, 2.05) is 36.1 Å². The summed E-state index contributed by atoms with van der Waals surface area (Å²) < 4.78 is 10.8. The predicted octanol–water partition coefficient (Wildman–Crippen LogP) is 2.62. The van der Waals surface area contributed by atoms with Crippen LogP contribution in [0.5, 0.6) is 0 Å². The largest absolute Gasteiger partial charge is 0.375 e. The standard InChI is InChI=1S/C13H14ClN3O2/c1-9-8-17(5-6-18-9)13-15-12(16-19-13)10-3-2-4-11(14)7-10/h2-4,7,9H,5-6,8H2,1H3. The van der Waals surface area contributed by atoms with Crippen LogP contribution in [0.2, 0.25) is 5.02 Å². The SMILES string of the molecule is CC1CN(c2nc(-c3cccc(Cl)c3)no2)CCO1. The van der Waals surface area contributed by atoms with Gasteiger partial charge in [-0.3, -0.25) is 0 Å². The predicted molar refractivity (Wildman–Crippen MR) is 72.4 cm³/mol. The van der Waals surface area contributed by atoms with Crippen LogP contribution in [0.3, 0.4) is 0 Å². The highest BCUT2D eigenvalue weighted by atomic mass is 35.5. The summed E-state index contributed by atoms with van der Waals surface area (Å²) in [6, 6.07) is 7.94. The Hall–Kier alpha value is -1.59. The van der Waals surface area contributed by atoms with Gasteiger partial charge in [-0.1, -0.05) is 28.9 Å². The van der Waals surface area contributed by atoms with E-state index in [0.29, 0.717) is 23.5 Å². The van der Waals surface area contributed by atoms with E-state index in [0.717, 1.165) is 18.7 Å². The molecule has 1 fully saturated rings. The minimum atomic E-state index is 0.176. The topological polar surface area (TPSA) is 51.4 Å². The van der Waals surface area contributed by atoms with Crippen molar-refractivity contribution in [1.82, 2.24) is 10.1 Å². The van der Waals surface area contributed by atoms with Crippen molar-refractivity contribution in [2.45, 2.75) is 13.0 Å². The maximum atomic E-state index is 5.96. The van der Waals surface area contributed by atoms with Gasteiger partial charge in [-0.05, 0) is 19.1 Å². The second kappa shape index (κ2) is 5.19. The van der Waals surface area contributed by atoms with Gasteiger partial charge in [0.05, 0.1) is 12.7 Å². The van der Waals surface area contributed by atoms with Crippen molar-refractivity contribution < 1.29 is 9.26 Å². The first-order chi connectivity index (χ1) is 9.22. The van der Waals surface area contributed by atoms with Crippen LogP contribution < -0.4 is 4.90 Å². The molecule has 1 atom stereocenters. The van der Waals surface area contributed by atoms with Crippen LogP contribution in [-0.4, -0.2) is 35.9 Å². The van der Waals surface area contributed by atoms with Crippen molar-refractivity contribution in [3.8, 4) is 11.4 Å². The van der Waals surface area contributed by atoms with Gasteiger partial charge >= 0.3 is 6.01 Å². The Morgan fingerprint density at radius 2 is 2.32 bits per heavy atom. The Balaban J connectivity index is 1.83. The number of rotatable bonds is 2. The van der Waals surface area contributed by atoms with Crippen molar-refractivity contribution >= 4 is 17.6 Å². The minimum Gasteiger partial charge on any atom is -0.375 e. The number of morpholine rings is 1. The van der Waals surface area contributed by atoms with E-state index in [2.05, 4.69) is 10.1 Å². The Bertz CT molecular complexity index is 573. The van der Waals surface area contributed by atoms with Gasteiger partial charge in [0.1, 0.15) is 0 Å². The Kier molecular flexibility index (Phi) is 3.40. The second-order valence-corrected chi connectivity index (χ2v) is 4.97. The molecule has 1 saturated heterocycles. The number of halogens is 1. The van der Waals surface area contributed by atoms with E-state index in [4.69, 9.17) is 20.9 Å². The highest BCUT2D eigenvalue weighted by molar-refractivity contribution is 6.30. The number of benzene rings is 1. The van der Waals surface area contributed by atoms with Crippen molar-refractivity contribution in [3.63, 3.8) is 0 Å². The normalized spacial score (nSPS) is 19.7. The van der Waals surface area contributed by atoms with Gasteiger partial charge in [-0.25, -0.2) is 0 Å². The summed E-state index contributed by atoms with van der Waals surface area (Å²) in [6.07, 6.45) is 0.176. The van der Waals surface area contributed by atoms with Crippen LogP contribution >= 0.6 is 11.6 Å². The summed E-state index contributed by atoms with van der Waals surface area (Å²) in [7, 11) is 0. The summed E-state index contributed by atoms with van der Waals surface area (Å²) in [5.41, 5.74) is 0.851. The highest BCUT2D eigenvalue weighted by Gasteiger charge is 2.22. The molecule has 2 aromatic rings. The number of hydrogen-bond donors (Lipinski definition) is 0. The molecular weight excluding hydrogens is 266 g/mol. The molecule has 3 rings (SSSR count).